The number of halogens is 2. The van der Waals surface area contributed by atoms with E-state index in [0.29, 0.717) is 12.2 Å². The Morgan fingerprint density at radius 1 is 1.44 bits per heavy atom. The summed E-state index contributed by atoms with van der Waals surface area (Å²) in [5, 5.41) is 0. The van der Waals surface area contributed by atoms with Crippen LogP contribution in [0.5, 0.6) is 0 Å². The smallest absolute Gasteiger partial charge is 0.133 e. The molecule has 1 aromatic carbocycles. The highest BCUT2D eigenvalue weighted by molar-refractivity contribution is 5.30. The maximum atomic E-state index is 14.1. The molecular formula is C13H18F2N2O. The summed E-state index contributed by atoms with van der Waals surface area (Å²) in [7, 11) is 0. The van der Waals surface area contributed by atoms with Gasteiger partial charge in [0.05, 0.1) is 12.1 Å². The van der Waals surface area contributed by atoms with Crippen LogP contribution >= 0.6 is 0 Å². The molecule has 1 saturated heterocycles. The third-order valence-electron chi connectivity index (χ3n) is 3.67. The van der Waals surface area contributed by atoms with E-state index in [0.717, 1.165) is 6.42 Å². The number of hydrogen-bond acceptors (Lipinski definition) is 3. The zero-order valence-electron chi connectivity index (χ0n) is 10.5. The first-order valence-electron chi connectivity index (χ1n) is 6.08. The van der Waals surface area contributed by atoms with Gasteiger partial charge in [-0.2, -0.15) is 0 Å². The first-order chi connectivity index (χ1) is 8.56. The molecule has 18 heavy (non-hydrogen) atoms. The number of nitrogens with one attached hydrogen (secondary N) is 1. The van der Waals surface area contributed by atoms with Gasteiger partial charge in [-0.15, -0.1) is 0 Å². The summed E-state index contributed by atoms with van der Waals surface area (Å²) in [6, 6.07) is 2.14. The van der Waals surface area contributed by atoms with E-state index in [-0.39, 0.29) is 17.6 Å². The second-order valence-electron chi connectivity index (χ2n) is 4.76. The van der Waals surface area contributed by atoms with Crippen molar-refractivity contribution < 1.29 is 13.5 Å². The molecule has 1 heterocycles. The Morgan fingerprint density at radius 2 is 2.17 bits per heavy atom. The molecule has 1 aliphatic heterocycles. The number of ether oxygens (including phenoxy) is 1. The number of benzene rings is 1. The molecule has 0 bridgehead atoms. The molecule has 0 saturated carbocycles. The summed E-state index contributed by atoms with van der Waals surface area (Å²) in [6.07, 6.45) is 0.674. The summed E-state index contributed by atoms with van der Waals surface area (Å²) in [5.74, 6) is 4.37. The van der Waals surface area contributed by atoms with E-state index in [1.165, 1.54) is 12.1 Å². The van der Waals surface area contributed by atoms with Crippen molar-refractivity contribution in [3.63, 3.8) is 0 Å². The Morgan fingerprint density at radius 3 is 2.72 bits per heavy atom. The van der Waals surface area contributed by atoms with Crippen molar-refractivity contribution in [2.75, 3.05) is 6.61 Å². The normalized spacial score (nSPS) is 25.4. The highest BCUT2D eigenvalue weighted by Crippen LogP contribution is 2.35. The largest absolute Gasteiger partial charge is 0.378 e. The van der Waals surface area contributed by atoms with Gasteiger partial charge in [0, 0.05) is 18.1 Å². The Kier molecular flexibility index (Phi) is 3.94. The van der Waals surface area contributed by atoms with Gasteiger partial charge >= 0.3 is 0 Å². The zero-order chi connectivity index (χ0) is 13.3. The fourth-order valence-corrected chi connectivity index (χ4v) is 2.57. The van der Waals surface area contributed by atoms with Crippen LogP contribution < -0.4 is 11.3 Å². The molecule has 100 valence electrons. The van der Waals surface area contributed by atoms with E-state index >= 15 is 0 Å². The number of hydrogen-bond donors (Lipinski definition) is 2. The average molecular weight is 256 g/mol. The first-order valence-corrected chi connectivity index (χ1v) is 6.08. The van der Waals surface area contributed by atoms with Crippen molar-refractivity contribution in [1.29, 1.82) is 0 Å². The molecule has 3 atom stereocenters. The molecule has 0 aromatic heterocycles. The molecule has 0 aliphatic carbocycles. The number of rotatable bonds is 3. The van der Waals surface area contributed by atoms with E-state index in [1.54, 1.807) is 6.92 Å². The van der Waals surface area contributed by atoms with Gasteiger partial charge in [0.25, 0.3) is 0 Å². The lowest BCUT2D eigenvalue weighted by Gasteiger charge is -2.26. The lowest BCUT2D eigenvalue weighted by molar-refractivity contribution is 0.0945. The predicted octanol–water partition coefficient (Wildman–Crippen LogP) is 2.20. The average Bonchev–Trinajstić information content (AvgIpc) is 2.76. The minimum atomic E-state index is -0.569. The van der Waals surface area contributed by atoms with Crippen molar-refractivity contribution in [1.82, 2.24) is 5.43 Å². The van der Waals surface area contributed by atoms with Crippen LogP contribution in [0.2, 0.25) is 0 Å². The zero-order valence-corrected chi connectivity index (χ0v) is 10.5. The van der Waals surface area contributed by atoms with E-state index in [1.807, 2.05) is 6.92 Å². The van der Waals surface area contributed by atoms with E-state index in [4.69, 9.17) is 10.6 Å². The van der Waals surface area contributed by atoms with Crippen molar-refractivity contribution in [2.45, 2.75) is 32.4 Å². The molecule has 3 unspecified atom stereocenters. The SMILES string of the molecule is Cc1ccc(F)c(C(NN)C2CCOC2C)c1F. The molecule has 1 aliphatic rings. The second-order valence-corrected chi connectivity index (χ2v) is 4.76. The summed E-state index contributed by atoms with van der Waals surface area (Å²) in [6.45, 7) is 4.10. The quantitative estimate of drug-likeness (QED) is 0.644. The van der Waals surface area contributed by atoms with Crippen LogP contribution in [-0.4, -0.2) is 12.7 Å². The first kappa shape index (κ1) is 13.4. The molecular weight excluding hydrogens is 238 g/mol. The maximum absolute atomic E-state index is 14.1. The van der Waals surface area contributed by atoms with Gasteiger partial charge in [-0.25, -0.2) is 8.78 Å². The van der Waals surface area contributed by atoms with Crippen LogP contribution in [0.15, 0.2) is 12.1 Å². The van der Waals surface area contributed by atoms with Gasteiger partial charge in [0.2, 0.25) is 0 Å². The Bertz CT molecular complexity index is 439. The van der Waals surface area contributed by atoms with Crippen LogP contribution in [0.3, 0.4) is 0 Å². The lowest BCUT2D eigenvalue weighted by Crippen LogP contribution is -2.37. The summed E-state index contributed by atoms with van der Waals surface area (Å²) in [4.78, 5) is 0. The number of hydrazine groups is 1. The van der Waals surface area contributed by atoms with Crippen LogP contribution in [0.25, 0.3) is 0 Å². The van der Waals surface area contributed by atoms with E-state index < -0.39 is 17.7 Å². The molecule has 3 nitrogen and oxygen atoms in total. The standard InChI is InChI=1S/C13H18F2N2O/c1-7-3-4-10(14)11(12(7)15)13(17-16)9-5-6-18-8(9)2/h3-4,8-9,13,17H,5-6,16H2,1-2H3. The minimum Gasteiger partial charge on any atom is -0.378 e. The molecule has 0 amide bonds. The summed E-state index contributed by atoms with van der Waals surface area (Å²) < 4.78 is 33.4. The van der Waals surface area contributed by atoms with E-state index in [9.17, 15) is 8.78 Å². The molecule has 1 fully saturated rings. The van der Waals surface area contributed by atoms with E-state index in [2.05, 4.69) is 5.43 Å². The predicted molar refractivity (Wildman–Crippen MR) is 64.7 cm³/mol. The summed E-state index contributed by atoms with van der Waals surface area (Å²) >= 11 is 0. The van der Waals surface area contributed by atoms with Crippen molar-refractivity contribution in [3.8, 4) is 0 Å². The minimum absolute atomic E-state index is 0.0138. The highest BCUT2D eigenvalue weighted by atomic mass is 19.1. The van der Waals surface area contributed by atoms with Crippen LogP contribution in [0, 0.1) is 24.5 Å². The van der Waals surface area contributed by atoms with Gasteiger partial charge in [-0.3, -0.25) is 11.3 Å². The second kappa shape index (κ2) is 5.30. The third kappa shape index (κ3) is 2.25. The Balaban J connectivity index is 2.41. The lowest BCUT2D eigenvalue weighted by atomic mass is 9.87. The van der Waals surface area contributed by atoms with Gasteiger partial charge < -0.3 is 4.74 Å². The molecule has 3 N–H and O–H groups in total. The van der Waals surface area contributed by atoms with Gasteiger partial charge in [0.15, 0.2) is 0 Å². The molecule has 2 rings (SSSR count). The fourth-order valence-electron chi connectivity index (χ4n) is 2.57. The van der Waals surface area contributed by atoms with Crippen molar-refractivity contribution in [2.24, 2.45) is 11.8 Å². The third-order valence-corrected chi connectivity index (χ3v) is 3.67. The van der Waals surface area contributed by atoms with Crippen molar-refractivity contribution in [3.05, 3.63) is 34.9 Å². The summed E-state index contributed by atoms with van der Waals surface area (Å²) in [5.41, 5.74) is 2.97. The van der Waals surface area contributed by atoms with Gasteiger partial charge in [-0.05, 0) is 31.9 Å². The van der Waals surface area contributed by atoms with Gasteiger partial charge in [0.1, 0.15) is 11.6 Å². The Hall–Kier alpha value is -1.04. The monoisotopic (exact) mass is 256 g/mol. The highest BCUT2D eigenvalue weighted by Gasteiger charge is 2.35. The van der Waals surface area contributed by atoms with Crippen LogP contribution in [0.4, 0.5) is 8.78 Å². The molecule has 0 spiro atoms. The van der Waals surface area contributed by atoms with Crippen LogP contribution in [-0.2, 0) is 4.74 Å². The Labute approximate surface area is 105 Å². The van der Waals surface area contributed by atoms with Crippen LogP contribution in [0.1, 0.15) is 30.5 Å². The number of nitrogens with two attached hydrogens (primary N) is 1. The maximum Gasteiger partial charge on any atom is 0.133 e. The van der Waals surface area contributed by atoms with Crippen molar-refractivity contribution >= 4 is 0 Å². The molecule has 0 radical (unpaired) electrons. The topological polar surface area (TPSA) is 47.3 Å². The van der Waals surface area contributed by atoms with Gasteiger partial charge in [-0.1, -0.05) is 6.07 Å². The number of aryl methyl sites for hydroxylation is 1. The molecule has 5 heteroatoms. The molecule has 1 aromatic rings. The fraction of sp³-hybridized carbons (Fsp3) is 0.538.